The number of hydrogen-bond acceptors (Lipinski definition) is 4. The molecule has 0 aliphatic heterocycles. The van der Waals surface area contributed by atoms with E-state index in [1.807, 2.05) is 0 Å². The molecule has 0 atom stereocenters. The normalized spacial score (nSPS) is 8.80. The van der Waals surface area contributed by atoms with E-state index in [0.29, 0.717) is 0 Å². The third-order valence-corrected chi connectivity index (χ3v) is 1.62. The predicted octanol–water partition coefficient (Wildman–Crippen LogP) is 2.00. The van der Waals surface area contributed by atoms with Gasteiger partial charge in [0.05, 0.1) is 11.3 Å². The van der Waals surface area contributed by atoms with Crippen LogP contribution in [0.15, 0.2) is 41.9 Å². The van der Waals surface area contributed by atoms with Crippen LogP contribution in [-0.4, -0.2) is 18.7 Å². The minimum Gasteiger partial charge on any atom is -0.458 e. The Morgan fingerprint density at radius 1 is 1.53 bits per heavy atom. The first kappa shape index (κ1) is 10.9. The summed E-state index contributed by atoms with van der Waals surface area (Å²) in [4.78, 5) is 24.9. The van der Waals surface area contributed by atoms with Crippen molar-refractivity contribution in [3.05, 3.63) is 42.5 Å². The van der Waals surface area contributed by atoms with Gasteiger partial charge in [-0.15, -0.1) is 0 Å². The van der Waals surface area contributed by atoms with Crippen LogP contribution in [0.4, 0.5) is 5.69 Å². The Morgan fingerprint density at radius 2 is 2.27 bits per heavy atom. The molecule has 4 nitrogen and oxygen atoms in total. The number of benzene rings is 1. The highest BCUT2D eigenvalue weighted by Crippen LogP contribution is 2.18. The second-order valence-corrected chi connectivity index (χ2v) is 2.61. The van der Waals surface area contributed by atoms with Gasteiger partial charge in [-0.2, -0.15) is 4.99 Å². The van der Waals surface area contributed by atoms with Crippen molar-refractivity contribution in [3.63, 3.8) is 0 Å². The van der Waals surface area contributed by atoms with Crippen LogP contribution in [-0.2, 0) is 9.53 Å². The molecule has 0 N–H and O–H groups in total. The third-order valence-electron chi connectivity index (χ3n) is 1.62. The number of ether oxygens (including phenoxy) is 1. The summed E-state index contributed by atoms with van der Waals surface area (Å²) in [5.74, 6) is -0.537. The van der Waals surface area contributed by atoms with Gasteiger partial charge in [-0.1, -0.05) is 24.8 Å². The second-order valence-electron chi connectivity index (χ2n) is 2.61. The van der Waals surface area contributed by atoms with Gasteiger partial charge in [-0.05, 0) is 12.1 Å². The number of nitrogens with zero attached hydrogens (tertiary/aromatic N) is 1. The Balaban J connectivity index is 2.96. The van der Waals surface area contributed by atoms with E-state index in [1.54, 1.807) is 12.1 Å². The van der Waals surface area contributed by atoms with Crippen molar-refractivity contribution in [2.75, 3.05) is 6.61 Å². The highest BCUT2D eigenvalue weighted by atomic mass is 16.5. The molecular formula is C11H9NO3. The van der Waals surface area contributed by atoms with Crippen LogP contribution >= 0.6 is 0 Å². The maximum Gasteiger partial charge on any atom is 0.340 e. The van der Waals surface area contributed by atoms with Gasteiger partial charge in [0.1, 0.15) is 6.61 Å². The number of carbonyl (C=O) groups excluding carboxylic acids is 2. The molecule has 0 heterocycles. The largest absolute Gasteiger partial charge is 0.458 e. The van der Waals surface area contributed by atoms with Crippen molar-refractivity contribution in [1.82, 2.24) is 0 Å². The minimum atomic E-state index is -0.537. The molecule has 0 aliphatic rings. The second kappa shape index (κ2) is 5.52. The lowest BCUT2D eigenvalue weighted by Gasteiger charge is -2.03. The average molecular weight is 203 g/mol. The van der Waals surface area contributed by atoms with Crippen LogP contribution in [0.25, 0.3) is 0 Å². The molecule has 1 aromatic carbocycles. The standard InChI is InChI=1S/C11H9NO3/c1-2-7-15-11(14)9-5-3-4-6-10(9)12-8-13/h2-6H,1,7H2. The zero-order valence-electron chi connectivity index (χ0n) is 7.97. The molecule has 0 unspecified atom stereocenters. The Hall–Kier alpha value is -2.19. The lowest BCUT2D eigenvalue weighted by molar-refractivity contribution is 0.0551. The fourth-order valence-electron chi connectivity index (χ4n) is 1.01. The predicted molar refractivity (Wildman–Crippen MR) is 54.7 cm³/mol. The number of para-hydroxylation sites is 1. The molecule has 1 rings (SSSR count). The molecule has 0 fully saturated rings. The van der Waals surface area contributed by atoms with E-state index in [4.69, 9.17) is 4.74 Å². The van der Waals surface area contributed by atoms with E-state index >= 15 is 0 Å². The molecule has 0 aliphatic carbocycles. The van der Waals surface area contributed by atoms with Crippen LogP contribution in [0.1, 0.15) is 10.4 Å². The number of hydrogen-bond donors (Lipinski definition) is 0. The number of carbonyl (C=O) groups is 1. The van der Waals surface area contributed by atoms with Crippen LogP contribution in [0.3, 0.4) is 0 Å². The zero-order valence-corrected chi connectivity index (χ0v) is 7.97. The van der Waals surface area contributed by atoms with Gasteiger partial charge in [0, 0.05) is 0 Å². The number of aliphatic imine (C=N–C) groups is 1. The van der Waals surface area contributed by atoms with Gasteiger partial charge < -0.3 is 4.74 Å². The number of esters is 1. The Bertz CT molecular complexity index is 420. The zero-order chi connectivity index (χ0) is 11.1. The van der Waals surface area contributed by atoms with Gasteiger partial charge in [0.15, 0.2) is 0 Å². The first-order valence-corrected chi connectivity index (χ1v) is 4.24. The molecular weight excluding hydrogens is 194 g/mol. The highest BCUT2D eigenvalue weighted by molar-refractivity contribution is 5.95. The monoisotopic (exact) mass is 203 g/mol. The quantitative estimate of drug-likeness (QED) is 0.325. The van der Waals surface area contributed by atoms with E-state index in [0.717, 1.165) is 0 Å². The van der Waals surface area contributed by atoms with Gasteiger partial charge >= 0.3 is 5.97 Å². The molecule has 15 heavy (non-hydrogen) atoms. The van der Waals surface area contributed by atoms with E-state index in [2.05, 4.69) is 11.6 Å². The lowest BCUT2D eigenvalue weighted by Crippen LogP contribution is -2.05. The third kappa shape index (κ3) is 2.90. The van der Waals surface area contributed by atoms with E-state index < -0.39 is 5.97 Å². The summed E-state index contributed by atoms with van der Waals surface area (Å²) in [5.41, 5.74) is 0.490. The molecule has 0 spiro atoms. The Morgan fingerprint density at radius 3 is 2.93 bits per heavy atom. The van der Waals surface area contributed by atoms with E-state index in [1.165, 1.54) is 24.3 Å². The minimum absolute atomic E-state index is 0.123. The SMILES string of the molecule is C=CCOC(=O)c1ccccc1N=C=O. The van der Waals surface area contributed by atoms with E-state index in [9.17, 15) is 9.59 Å². The van der Waals surface area contributed by atoms with Crippen molar-refractivity contribution in [3.8, 4) is 0 Å². The molecule has 0 bridgehead atoms. The lowest BCUT2D eigenvalue weighted by atomic mass is 10.2. The molecule has 76 valence electrons. The maximum absolute atomic E-state index is 11.4. The van der Waals surface area contributed by atoms with Crippen molar-refractivity contribution >= 4 is 17.7 Å². The van der Waals surface area contributed by atoms with Crippen LogP contribution < -0.4 is 0 Å². The molecule has 4 heteroatoms. The molecule has 0 saturated carbocycles. The molecule has 0 saturated heterocycles. The summed E-state index contributed by atoms with van der Waals surface area (Å²) in [6.07, 6.45) is 2.84. The smallest absolute Gasteiger partial charge is 0.340 e. The Kier molecular flexibility index (Phi) is 4.01. The fraction of sp³-hybridized carbons (Fsp3) is 0.0909. The summed E-state index contributed by atoms with van der Waals surface area (Å²) >= 11 is 0. The van der Waals surface area contributed by atoms with Gasteiger partial charge in [-0.25, -0.2) is 9.59 Å². The van der Waals surface area contributed by atoms with Crippen molar-refractivity contribution < 1.29 is 14.3 Å². The van der Waals surface area contributed by atoms with Crippen molar-refractivity contribution in [2.45, 2.75) is 0 Å². The van der Waals surface area contributed by atoms with Crippen molar-refractivity contribution in [2.24, 2.45) is 4.99 Å². The van der Waals surface area contributed by atoms with Crippen molar-refractivity contribution in [1.29, 1.82) is 0 Å². The highest BCUT2D eigenvalue weighted by Gasteiger charge is 2.10. The van der Waals surface area contributed by atoms with Gasteiger partial charge in [-0.3, -0.25) is 0 Å². The summed E-state index contributed by atoms with van der Waals surface area (Å²) in [7, 11) is 0. The molecule has 0 aromatic heterocycles. The van der Waals surface area contributed by atoms with Crippen LogP contribution in [0, 0.1) is 0 Å². The Labute approximate surface area is 86.9 Å². The van der Waals surface area contributed by atoms with Gasteiger partial charge in [0.2, 0.25) is 6.08 Å². The first-order valence-electron chi connectivity index (χ1n) is 4.24. The maximum atomic E-state index is 11.4. The molecule has 0 radical (unpaired) electrons. The number of isocyanates is 1. The summed E-state index contributed by atoms with van der Waals surface area (Å²) in [5, 5.41) is 0. The number of rotatable bonds is 4. The first-order chi connectivity index (χ1) is 7.29. The van der Waals surface area contributed by atoms with Crippen LogP contribution in [0.2, 0.25) is 0 Å². The summed E-state index contributed by atoms with van der Waals surface area (Å²) in [6.45, 7) is 3.55. The van der Waals surface area contributed by atoms with Crippen LogP contribution in [0.5, 0.6) is 0 Å². The summed E-state index contributed by atoms with van der Waals surface area (Å²) < 4.78 is 4.82. The van der Waals surface area contributed by atoms with Gasteiger partial charge in [0.25, 0.3) is 0 Å². The average Bonchev–Trinajstić information content (AvgIpc) is 2.27. The molecule has 1 aromatic rings. The fourth-order valence-corrected chi connectivity index (χ4v) is 1.01. The van der Waals surface area contributed by atoms with E-state index in [-0.39, 0.29) is 17.9 Å². The summed E-state index contributed by atoms with van der Waals surface area (Å²) in [6, 6.07) is 6.39. The topological polar surface area (TPSA) is 55.7 Å². The molecule has 0 amide bonds.